The molecule has 29 heavy (non-hydrogen) atoms. The summed E-state index contributed by atoms with van der Waals surface area (Å²) in [5.41, 5.74) is 1.81. The molecule has 2 amide bonds. The Labute approximate surface area is 175 Å². The van der Waals surface area contributed by atoms with E-state index in [9.17, 15) is 9.59 Å². The summed E-state index contributed by atoms with van der Waals surface area (Å²) >= 11 is 6.18. The molecule has 7 nitrogen and oxygen atoms in total. The Hall–Kier alpha value is -2.80. The number of halogens is 1. The number of benzene rings is 1. The van der Waals surface area contributed by atoms with Crippen LogP contribution in [0.5, 0.6) is 0 Å². The number of aromatic nitrogens is 1. The number of carbonyl (C=O) groups is 2. The lowest BCUT2D eigenvalue weighted by molar-refractivity contribution is -0.132. The van der Waals surface area contributed by atoms with Crippen molar-refractivity contribution in [2.75, 3.05) is 56.1 Å². The Kier molecular flexibility index (Phi) is 5.58. The average molecular weight is 414 g/mol. The summed E-state index contributed by atoms with van der Waals surface area (Å²) in [4.78, 5) is 35.7. The van der Waals surface area contributed by atoms with E-state index in [1.54, 1.807) is 13.2 Å². The molecule has 0 radical (unpaired) electrons. The molecule has 2 aliphatic rings. The van der Waals surface area contributed by atoms with Crippen LogP contribution in [0.15, 0.2) is 42.6 Å². The van der Waals surface area contributed by atoms with Crippen LogP contribution in [0.4, 0.5) is 11.5 Å². The first-order valence-electron chi connectivity index (χ1n) is 9.76. The van der Waals surface area contributed by atoms with Gasteiger partial charge in [0.05, 0.1) is 12.5 Å². The Balaban J connectivity index is 1.47. The highest BCUT2D eigenvalue weighted by Crippen LogP contribution is 2.39. The maximum atomic E-state index is 13.3. The predicted molar refractivity (Wildman–Crippen MR) is 114 cm³/mol. The number of piperazine rings is 1. The number of pyridine rings is 1. The molecule has 1 saturated heterocycles. The van der Waals surface area contributed by atoms with Crippen LogP contribution in [0.25, 0.3) is 0 Å². The van der Waals surface area contributed by atoms with Crippen LogP contribution in [0, 0.1) is 0 Å². The van der Waals surface area contributed by atoms with Crippen molar-refractivity contribution in [1.82, 2.24) is 15.2 Å². The highest BCUT2D eigenvalue weighted by atomic mass is 35.5. The summed E-state index contributed by atoms with van der Waals surface area (Å²) in [6.45, 7) is 3.52. The van der Waals surface area contributed by atoms with Crippen molar-refractivity contribution in [3.8, 4) is 0 Å². The Bertz CT molecular complexity index is 899. The van der Waals surface area contributed by atoms with Gasteiger partial charge < -0.3 is 20.0 Å². The molecular weight excluding hydrogens is 390 g/mol. The van der Waals surface area contributed by atoms with Gasteiger partial charge in [0.25, 0.3) is 0 Å². The van der Waals surface area contributed by atoms with E-state index in [0.717, 1.165) is 30.2 Å². The zero-order chi connectivity index (χ0) is 20.4. The molecule has 152 valence electrons. The molecule has 1 fully saturated rings. The van der Waals surface area contributed by atoms with Gasteiger partial charge in [-0.1, -0.05) is 23.7 Å². The molecule has 0 aliphatic carbocycles. The molecule has 8 heteroatoms. The Morgan fingerprint density at radius 1 is 1.17 bits per heavy atom. The third-order valence-corrected chi connectivity index (χ3v) is 5.82. The molecule has 1 aromatic heterocycles. The second kappa shape index (κ2) is 8.29. The first-order chi connectivity index (χ1) is 14.1. The zero-order valence-corrected chi connectivity index (χ0v) is 17.1. The van der Waals surface area contributed by atoms with E-state index in [-0.39, 0.29) is 24.3 Å². The van der Waals surface area contributed by atoms with E-state index in [1.807, 2.05) is 46.2 Å². The molecule has 1 unspecified atom stereocenters. The number of nitrogens with one attached hydrogen (secondary N) is 1. The Morgan fingerprint density at radius 2 is 1.97 bits per heavy atom. The zero-order valence-electron chi connectivity index (χ0n) is 16.3. The molecule has 0 spiro atoms. The van der Waals surface area contributed by atoms with E-state index < -0.39 is 0 Å². The summed E-state index contributed by atoms with van der Waals surface area (Å²) < 4.78 is 0. The van der Waals surface area contributed by atoms with Gasteiger partial charge in [0, 0.05) is 56.7 Å². The van der Waals surface area contributed by atoms with E-state index in [1.165, 1.54) is 0 Å². The van der Waals surface area contributed by atoms with Gasteiger partial charge in [0.15, 0.2) is 0 Å². The monoisotopic (exact) mass is 413 g/mol. The molecular formula is C21H24ClN5O2. The number of anilines is 2. The average Bonchev–Trinajstić information content (AvgIpc) is 3.11. The summed E-state index contributed by atoms with van der Waals surface area (Å²) in [7, 11) is 1.61. The van der Waals surface area contributed by atoms with Crippen LogP contribution in [0.2, 0.25) is 5.02 Å². The highest BCUT2D eigenvalue weighted by Gasteiger charge is 2.37. The van der Waals surface area contributed by atoms with Gasteiger partial charge in [-0.2, -0.15) is 0 Å². The lowest BCUT2D eigenvalue weighted by Gasteiger charge is -2.36. The summed E-state index contributed by atoms with van der Waals surface area (Å²) in [6, 6.07) is 11.4. The normalized spacial score (nSPS) is 18.6. The fraction of sp³-hybridized carbons (Fsp3) is 0.381. The van der Waals surface area contributed by atoms with Gasteiger partial charge in [0.1, 0.15) is 5.82 Å². The van der Waals surface area contributed by atoms with Crippen molar-refractivity contribution >= 4 is 34.9 Å². The van der Waals surface area contributed by atoms with Gasteiger partial charge in [0.2, 0.25) is 11.8 Å². The number of amides is 2. The molecule has 1 atom stereocenters. The van der Waals surface area contributed by atoms with Crippen molar-refractivity contribution < 1.29 is 9.59 Å². The van der Waals surface area contributed by atoms with Gasteiger partial charge >= 0.3 is 0 Å². The van der Waals surface area contributed by atoms with E-state index in [2.05, 4.69) is 15.2 Å². The van der Waals surface area contributed by atoms with E-state index >= 15 is 0 Å². The molecule has 0 saturated carbocycles. The quantitative estimate of drug-likeness (QED) is 0.826. The van der Waals surface area contributed by atoms with Crippen molar-refractivity contribution in [2.45, 2.75) is 5.92 Å². The van der Waals surface area contributed by atoms with Crippen molar-refractivity contribution in [2.24, 2.45) is 0 Å². The maximum absolute atomic E-state index is 13.3. The van der Waals surface area contributed by atoms with Gasteiger partial charge in [-0.05, 0) is 29.8 Å². The number of nitrogens with zero attached hydrogens (tertiary/aromatic N) is 4. The molecule has 1 aromatic carbocycles. The summed E-state index contributed by atoms with van der Waals surface area (Å²) in [6.07, 6.45) is 1.79. The largest absolute Gasteiger partial charge is 0.361 e. The topological polar surface area (TPSA) is 68.8 Å². The first-order valence-corrected chi connectivity index (χ1v) is 10.1. The van der Waals surface area contributed by atoms with Crippen molar-refractivity contribution in [1.29, 1.82) is 0 Å². The lowest BCUT2D eigenvalue weighted by Crippen LogP contribution is -2.50. The minimum Gasteiger partial charge on any atom is -0.361 e. The van der Waals surface area contributed by atoms with Crippen LogP contribution >= 0.6 is 11.6 Å². The van der Waals surface area contributed by atoms with Crippen molar-refractivity contribution in [3.05, 3.63) is 53.2 Å². The summed E-state index contributed by atoms with van der Waals surface area (Å²) in [5.74, 6) is 0.673. The van der Waals surface area contributed by atoms with Gasteiger partial charge in [-0.25, -0.2) is 4.98 Å². The summed E-state index contributed by atoms with van der Waals surface area (Å²) in [5, 5.41) is 3.24. The molecule has 2 aliphatic heterocycles. The highest BCUT2D eigenvalue weighted by molar-refractivity contribution is 6.31. The maximum Gasteiger partial charge on any atom is 0.239 e. The second-order valence-electron chi connectivity index (χ2n) is 7.31. The minimum absolute atomic E-state index is 0.0898. The third kappa shape index (κ3) is 4.00. The predicted octanol–water partition coefficient (Wildman–Crippen LogP) is 1.73. The molecule has 2 aromatic rings. The molecule has 4 rings (SSSR count). The number of carbonyl (C=O) groups excluding carboxylic acids is 2. The first kappa shape index (κ1) is 19.5. The van der Waals surface area contributed by atoms with Crippen LogP contribution in [0.3, 0.4) is 0 Å². The number of hydrogen-bond donors (Lipinski definition) is 1. The molecule has 1 N–H and O–H groups in total. The van der Waals surface area contributed by atoms with Crippen LogP contribution in [0.1, 0.15) is 11.5 Å². The fourth-order valence-corrected chi connectivity index (χ4v) is 4.20. The SMILES string of the molecule is CNC(=O)CN1CC(C(=O)N2CCN(c3ccccn3)CC2)c2ccc(Cl)cc21. The van der Waals surface area contributed by atoms with Crippen LogP contribution in [-0.2, 0) is 9.59 Å². The molecule has 0 bridgehead atoms. The Morgan fingerprint density at radius 3 is 2.66 bits per heavy atom. The third-order valence-electron chi connectivity index (χ3n) is 5.59. The number of likely N-dealkylation sites (N-methyl/N-ethyl adjacent to an activating group) is 1. The number of fused-ring (bicyclic) bond motifs is 1. The van der Waals surface area contributed by atoms with E-state index in [0.29, 0.717) is 24.7 Å². The van der Waals surface area contributed by atoms with Gasteiger partial charge in [-0.3, -0.25) is 9.59 Å². The van der Waals surface area contributed by atoms with Gasteiger partial charge in [-0.15, -0.1) is 0 Å². The van der Waals surface area contributed by atoms with E-state index in [4.69, 9.17) is 11.6 Å². The molecule has 3 heterocycles. The van der Waals surface area contributed by atoms with Crippen molar-refractivity contribution in [3.63, 3.8) is 0 Å². The lowest BCUT2D eigenvalue weighted by atomic mass is 9.99. The minimum atomic E-state index is -0.284. The van der Waals surface area contributed by atoms with Crippen LogP contribution < -0.4 is 15.1 Å². The second-order valence-corrected chi connectivity index (χ2v) is 7.75. The smallest absolute Gasteiger partial charge is 0.239 e. The standard InChI is InChI=1S/C21H24ClN5O2/c1-23-20(28)14-27-13-17(16-6-5-15(22)12-18(16)27)21(29)26-10-8-25(9-11-26)19-4-2-3-7-24-19/h2-7,12,17H,8-11,13-14H2,1H3,(H,23,28). The number of rotatable bonds is 4. The fourth-order valence-electron chi connectivity index (χ4n) is 4.03. The van der Waals surface area contributed by atoms with Crippen LogP contribution in [-0.4, -0.2) is 68.0 Å². The number of hydrogen-bond acceptors (Lipinski definition) is 5.